The molecular formula is C29H56O4. The third kappa shape index (κ3) is 15.5. The smallest absolute Gasteiger partial charge is 0.309 e. The molecule has 0 aliphatic heterocycles. The van der Waals surface area contributed by atoms with Crippen molar-refractivity contribution in [2.24, 2.45) is 16.2 Å². The van der Waals surface area contributed by atoms with E-state index in [1.165, 1.54) is 51.4 Å². The molecule has 0 unspecified atom stereocenters. The van der Waals surface area contributed by atoms with Crippen LogP contribution in [0, 0.1) is 16.2 Å². The standard InChI is InChI=1S/C29H56O4/c1-7-9-11-16-20-27(3,4)23-29(26(32)33,22-18-14-13-15-19-25(30)31)24-28(5,6)21-17-12-10-8-2/h7-24H2,1-6H3,(H,30,31)(H,32,33). The molecule has 0 heterocycles. The van der Waals surface area contributed by atoms with Gasteiger partial charge in [-0.15, -0.1) is 0 Å². The fourth-order valence-corrected chi connectivity index (χ4v) is 5.66. The highest BCUT2D eigenvalue weighted by atomic mass is 16.4. The van der Waals surface area contributed by atoms with E-state index in [1.807, 2.05) is 0 Å². The van der Waals surface area contributed by atoms with Crippen LogP contribution in [0.15, 0.2) is 0 Å². The Morgan fingerprint density at radius 2 is 0.970 bits per heavy atom. The van der Waals surface area contributed by atoms with Crippen LogP contribution in [0.5, 0.6) is 0 Å². The Hall–Kier alpha value is -1.06. The number of hydrogen-bond acceptors (Lipinski definition) is 2. The molecule has 0 fully saturated rings. The van der Waals surface area contributed by atoms with Gasteiger partial charge >= 0.3 is 11.9 Å². The van der Waals surface area contributed by atoms with Crippen molar-refractivity contribution in [3.63, 3.8) is 0 Å². The summed E-state index contributed by atoms with van der Waals surface area (Å²) in [5, 5.41) is 19.4. The normalized spacial score (nSPS) is 12.8. The number of carboxylic acid groups (broad SMARTS) is 2. The highest BCUT2D eigenvalue weighted by Crippen LogP contribution is 2.49. The second kappa shape index (κ2) is 16.5. The third-order valence-corrected chi connectivity index (χ3v) is 7.30. The minimum Gasteiger partial charge on any atom is -0.481 e. The highest BCUT2D eigenvalue weighted by Gasteiger charge is 2.45. The van der Waals surface area contributed by atoms with Crippen molar-refractivity contribution in [3.8, 4) is 0 Å². The molecule has 0 bridgehead atoms. The Labute approximate surface area is 205 Å². The lowest BCUT2D eigenvalue weighted by Gasteiger charge is -2.42. The zero-order valence-corrected chi connectivity index (χ0v) is 22.9. The Morgan fingerprint density at radius 1 is 0.576 bits per heavy atom. The Kier molecular flexibility index (Phi) is 16.0. The molecule has 0 aliphatic rings. The van der Waals surface area contributed by atoms with Gasteiger partial charge in [0.25, 0.3) is 0 Å². The van der Waals surface area contributed by atoms with Gasteiger partial charge in [-0.2, -0.15) is 0 Å². The van der Waals surface area contributed by atoms with E-state index in [9.17, 15) is 14.7 Å². The Bertz CT molecular complexity index is 510. The predicted molar refractivity (Wildman–Crippen MR) is 140 cm³/mol. The second-order valence-corrected chi connectivity index (χ2v) is 12.2. The lowest BCUT2D eigenvalue weighted by Crippen LogP contribution is -2.40. The zero-order valence-electron chi connectivity index (χ0n) is 22.9. The number of unbranched alkanes of at least 4 members (excludes halogenated alkanes) is 9. The van der Waals surface area contributed by atoms with Gasteiger partial charge in [-0.1, -0.05) is 112 Å². The van der Waals surface area contributed by atoms with E-state index in [-0.39, 0.29) is 17.3 Å². The van der Waals surface area contributed by atoms with Crippen molar-refractivity contribution in [2.45, 2.75) is 157 Å². The molecule has 0 aliphatic carbocycles. The zero-order chi connectivity index (χ0) is 25.4. The molecule has 0 radical (unpaired) electrons. The first kappa shape index (κ1) is 31.9. The van der Waals surface area contributed by atoms with Gasteiger partial charge in [-0.25, -0.2) is 0 Å². The van der Waals surface area contributed by atoms with Gasteiger partial charge in [-0.3, -0.25) is 9.59 Å². The molecule has 0 aromatic carbocycles. The lowest BCUT2D eigenvalue weighted by molar-refractivity contribution is -0.154. The van der Waals surface area contributed by atoms with E-state index < -0.39 is 17.4 Å². The van der Waals surface area contributed by atoms with E-state index in [0.29, 0.717) is 12.8 Å². The van der Waals surface area contributed by atoms with Crippen LogP contribution >= 0.6 is 0 Å². The molecule has 2 N–H and O–H groups in total. The average Bonchev–Trinajstić information content (AvgIpc) is 2.70. The van der Waals surface area contributed by atoms with Crippen LogP contribution in [0.2, 0.25) is 0 Å². The van der Waals surface area contributed by atoms with Crippen LogP contribution in [0.3, 0.4) is 0 Å². The molecule has 0 rings (SSSR count). The van der Waals surface area contributed by atoms with E-state index in [4.69, 9.17) is 5.11 Å². The van der Waals surface area contributed by atoms with E-state index >= 15 is 0 Å². The summed E-state index contributed by atoms with van der Waals surface area (Å²) in [6.45, 7) is 13.5. The maximum Gasteiger partial charge on any atom is 0.309 e. The summed E-state index contributed by atoms with van der Waals surface area (Å²) in [6.07, 6.45) is 17.6. The maximum atomic E-state index is 12.9. The minimum absolute atomic E-state index is 0.00767. The second-order valence-electron chi connectivity index (χ2n) is 12.2. The van der Waals surface area contributed by atoms with E-state index in [0.717, 1.165) is 44.9 Å². The van der Waals surface area contributed by atoms with Crippen molar-refractivity contribution in [1.82, 2.24) is 0 Å². The van der Waals surface area contributed by atoms with Crippen molar-refractivity contribution in [1.29, 1.82) is 0 Å². The van der Waals surface area contributed by atoms with Gasteiger partial charge in [0.2, 0.25) is 0 Å². The largest absolute Gasteiger partial charge is 0.481 e. The highest BCUT2D eigenvalue weighted by molar-refractivity contribution is 5.74. The number of aliphatic carboxylic acids is 2. The molecule has 0 aromatic rings. The molecule has 0 aromatic heterocycles. The summed E-state index contributed by atoms with van der Waals surface area (Å²) < 4.78 is 0. The number of rotatable bonds is 22. The van der Waals surface area contributed by atoms with Crippen molar-refractivity contribution in [2.75, 3.05) is 0 Å². The summed E-state index contributed by atoms with van der Waals surface area (Å²) in [5.74, 6) is -1.37. The summed E-state index contributed by atoms with van der Waals surface area (Å²) in [7, 11) is 0. The van der Waals surface area contributed by atoms with Crippen molar-refractivity contribution < 1.29 is 19.8 Å². The minimum atomic E-state index is -0.746. The SMILES string of the molecule is CCCCCCC(C)(C)CC(CCCCCCC(=O)O)(CC(C)(C)CCCCCC)C(=O)O. The topological polar surface area (TPSA) is 74.6 Å². The molecule has 0 amide bonds. The third-order valence-electron chi connectivity index (χ3n) is 7.30. The first-order chi connectivity index (χ1) is 15.4. The lowest BCUT2D eigenvalue weighted by atomic mass is 9.61. The summed E-state index contributed by atoms with van der Waals surface area (Å²) in [5.41, 5.74) is -0.684. The summed E-state index contributed by atoms with van der Waals surface area (Å²) in [4.78, 5) is 23.6. The van der Waals surface area contributed by atoms with Gasteiger partial charge in [0, 0.05) is 6.42 Å². The molecule has 4 nitrogen and oxygen atoms in total. The van der Waals surface area contributed by atoms with E-state index in [2.05, 4.69) is 41.5 Å². The quantitative estimate of drug-likeness (QED) is 0.155. The molecule has 0 saturated carbocycles. The van der Waals surface area contributed by atoms with Gasteiger partial charge in [0.15, 0.2) is 0 Å². The average molecular weight is 469 g/mol. The van der Waals surface area contributed by atoms with Gasteiger partial charge in [-0.05, 0) is 49.4 Å². The number of carbonyl (C=O) groups is 2. The van der Waals surface area contributed by atoms with Crippen LogP contribution in [0.1, 0.15) is 157 Å². The fraction of sp³-hybridized carbons (Fsp3) is 0.931. The van der Waals surface area contributed by atoms with Crippen LogP contribution in [0.4, 0.5) is 0 Å². The summed E-state index contributed by atoms with van der Waals surface area (Å²) in [6, 6.07) is 0. The number of carboxylic acids is 2. The van der Waals surface area contributed by atoms with Crippen molar-refractivity contribution in [3.05, 3.63) is 0 Å². The van der Waals surface area contributed by atoms with Crippen LogP contribution < -0.4 is 0 Å². The summed E-state index contributed by atoms with van der Waals surface area (Å²) >= 11 is 0. The maximum absolute atomic E-state index is 12.9. The Balaban J connectivity index is 5.34. The van der Waals surface area contributed by atoms with Crippen molar-refractivity contribution >= 4 is 11.9 Å². The number of hydrogen-bond donors (Lipinski definition) is 2. The predicted octanol–water partition coefficient (Wildman–Crippen LogP) is 9.26. The molecule has 196 valence electrons. The monoisotopic (exact) mass is 468 g/mol. The molecule has 4 heteroatoms. The first-order valence-electron chi connectivity index (χ1n) is 13.8. The van der Waals surface area contributed by atoms with Gasteiger partial charge in [0.05, 0.1) is 5.41 Å². The van der Waals surface area contributed by atoms with Gasteiger partial charge in [0.1, 0.15) is 0 Å². The van der Waals surface area contributed by atoms with Gasteiger partial charge < -0.3 is 10.2 Å². The first-order valence-corrected chi connectivity index (χ1v) is 13.8. The molecular weight excluding hydrogens is 412 g/mol. The van der Waals surface area contributed by atoms with Crippen LogP contribution in [-0.4, -0.2) is 22.2 Å². The molecule has 33 heavy (non-hydrogen) atoms. The molecule has 0 saturated heterocycles. The molecule has 0 atom stereocenters. The fourth-order valence-electron chi connectivity index (χ4n) is 5.66. The molecule has 0 spiro atoms. The van der Waals surface area contributed by atoms with Crippen LogP contribution in [-0.2, 0) is 9.59 Å². The Morgan fingerprint density at radius 3 is 1.36 bits per heavy atom. The van der Waals surface area contributed by atoms with E-state index in [1.54, 1.807) is 0 Å². The van der Waals surface area contributed by atoms with Crippen LogP contribution in [0.25, 0.3) is 0 Å².